The van der Waals surface area contributed by atoms with Crippen LogP contribution in [0.4, 0.5) is 5.69 Å². The summed E-state index contributed by atoms with van der Waals surface area (Å²) in [6, 6.07) is 9.78. The quantitative estimate of drug-likeness (QED) is 0.865. The van der Waals surface area contributed by atoms with Crippen LogP contribution in [0, 0.1) is 0 Å². The predicted molar refractivity (Wildman–Crippen MR) is 74.0 cm³/mol. The molecule has 3 atom stereocenters. The lowest BCUT2D eigenvalue weighted by atomic mass is 9.97. The summed E-state index contributed by atoms with van der Waals surface area (Å²) in [6.45, 7) is 4.14. The van der Waals surface area contributed by atoms with Gasteiger partial charge >= 0.3 is 0 Å². The van der Waals surface area contributed by atoms with Gasteiger partial charge in [0.25, 0.3) is 0 Å². The molecule has 0 bridgehead atoms. The molecule has 0 saturated carbocycles. The van der Waals surface area contributed by atoms with Crippen molar-refractivity contribution >= 4 is 5.69 Å². The molecule has 0 amide bonds. The smallest absolute Gasteiger partial charge is 0.0703 e. The molecule has 2 aliphatic heterocycles. The summed E-state index contributed by atoms with van der Waals surface area (Å²) in [5.41, 5.74) is 2.74. The first kappa shape index (κ1) is 12.0. The number of hydrogen-bond donors (Lipinski definition) is 1. The predicted octanol–water partition coefficient (Wildman–Crippen LogP) is 2.13. The molecule has 1 aromatic carbocycles. The number of benzene rings is 1. The van der Waals surface area contributed by atoms with Crippen molar-refractivity contribution < 1.29 is 4.74 Å². The van der Waals surface area contributed by atoms with Gasteiger partial charge in [-0.3, -0.25) is 4.90 Å². The number of para-hydroxylation sites is 1. The maximum atomic E-state index is 5.68. The van der Waals surface area contributed by atoms with Gasteiger partial charge in [-0.2, -0.15) is 0 Å². The van der Waals surface area contributed by atoms with Crippen LogP contribution in [0.25, 0.3) is 0 Å². The third-order valence-corrected chi connectivity index (χ3v) is 4.44. The number of anilines is 1. The largest absolute Gasteiger partial charge is 0.383 e. The van der Waals surface area contributed by atoms with Gasteiger partial charge in [0, 0.05) is 30.9 Å². The zero-order valence-corrected chi connectivity index (χ0v) is 11.2. The van der Waals surface area contributed by atoms with Crippen LogP contribution in [0.2, 0.25) is 0 Å². The zero-order valence-electron chi connectivity index (χ0n) is 11.2. The molecule has 1 N–H and O–H groups in total. The maximum Gasteiger partial charge on any atom is 0.0703 e. The third-order valence-electron chi connectivity index (χ3n) is 4.44. The summed E-state index contributed by atoms with van der Waals surface area (Å²) in [4.78, 5) is 2.51. The van der Waals surface area contributed by atoms with Gasteiger partial charge in [0.05, 0.1) is 6.10 Å². The Balaban J connectivity index is 1.71. The lowest BCUT2D eigenvalue weighted by Crippen LogP contribution is -2.49. The van der Waals surface area contributed by atoms with Crippen LogP contribution in [0.3, 0.4) is 0 Å². The van der Waals surface area contributed by atoms with Crippen molar-refractivity contribution in [1.29, 1.82) is 0 Å². The Kier molecular flexibility index (Phi) is 3.27. The molecule has 2 aliphatic rings. The minimum Gasteiger partial charge on any atom is -0.383 e. The average Bonchev–Trinajstić information content (AvgIpc) is 2.83. The second-order valence-corrected chi connectivity index (χ2v) is 5.49. The van der Waals surface area contributed by atoms with E-state index in [2.05, 4.69) is 48.5 Å². The van der Waals surface area contributed by atoms with E-state index in [1.165, 1.54) is 11.3 Å². The first-order valence-electron chi connectivity index (χ1n) is 6.91. The summed E-state index contributed by atoms with van der Waals surface area (Å²) < 4.78 is 5.68. The van der Waals surface area contributed by atoms with Gasteiger partial charge in [0.15, 0.2) is 0 Å². The Hall–Kier alpha value is -1.06. The molecule has 3 rings (SSSR count). The Morgan fingerprint density at radius 2 is 2.17 bits per heavy atom. The molecule has 3 nitrogen and oxygen atoms in total. The van der Waals surface area contributed by atoms with Crippen LogP contribution in [-0.2, 0) is 11.2 Å². The summed E-state index contributed by atoms with van der Waals surface area (Å²) in [6.07, 6.45) is 2.67. The molecule has 18 heavy (non-hydrogen) atoms. The van der Waals surface area contributed by atoms with E-state index < -0.39 is 0 Å². The highest BCUT2D eigenvalue weighted by Crippen LogP contribution is 2.27. The number of fused-ring (bicyclic) bond motifs is 1. The Labute approximate surface area is 109 Å². The normalized spacial score (nSPS) is 31.2. The van der Waals surface area contributed by atoms with Gasteiger partial charge in [0.2, 0.25) is 0 Å². The fraction of sp³-hybridized carbons (Fsp3) is 0.600. The summed E-state index contributed by atoms with van der Waals surface area (Å²) in [5.74, 6) is 0. The van der Waals surface area contributed by atoms with Crippen molar-refractivity contribution in [2.45, 2.75) is 38.0 Å². The Morgan fingerprint density at radius 1 is 1.33 bits per heavy atom. The van der Waals surface area contributed by atoms with Crippen molar-refractivity contribution in [3.63, 3.8) is 0 Å². The standard InChI is InChI=1S/C15H22N2O/c1-11-15(7-8-18-11)17(2)13-9-12-5-3-4-6-14(12)16-10-13/h3-6,11,13,15-16H,7-10H2,1-2H3. The minimum atomic E-state index is 0.368. The first-order chi connectivity index (χ1) is 8.75. The van der Waals surface area contributed by atoms with Gasteiger partial charge < -0.3 is 10.1 Å². The molecule has 0 aromatic heterocycles. The van der Waals surface area contributed by atoms with Crippen LogP contribution in [0.1, 0.15) is 18.9 Å². The molecule has 1 aromatic rings. The van der Waals surface area contributed by atoms with Crippen LogP contribution in [0.15, 0.2) is 24.3 Å². The molecule has 98 valence electrons. The van der Waals surface area contributed by atoms with Gasteiger partial charge in [-0.25, -0.2) is 0 Å². The van der Waals surface area contributed by atoms with E-state index in [0.717, 1.165) is 26.0 Å². The number of rotatable bonds is 2. The maximum absolute atomic E-state index is 5.68. The number of nitrogens with one attached hydrogen (secondary N) is 1. The second kappa shape index (κ2) is 4.90. The fourth-order valence-electron chi connectivity index (χ4n) is 3.24. The van der Waals surface area contributed by atoms with Crippen molar-refractivity contribution in [3.8, 4) is 0 Å². The van der Waals surface area contributed by atoms with Crippen LogP contribution in [-0.4, -0.2) is 43.3 Å². The highest BCUT2D eigenvalue weighted by molar-refractivity contribution is 5.53. The van der Waals surface area contributed by atoms with Crippen LogP contribution >= 0.6 is 0 Å². The third kappa shape index (κ3) is 2.13. The molecule has 1 saturated heterocycles. The van der Waals surface area contributed by atoms with E-state index in [4.69, 9.17) is 4.74 Å². The fourth-order valence-corrected chi connectivity index (χ4v) is 3.24. The van der Waals surface area contributed by atoms with E-state index >= 15 is 0 Å². The van der Waals surface area contributed by atoms with Crippen molar-refractivity contribution in [2.24, 2.45) is 0 Å². The highest BCUT2D eigenvalue weighted by atomic mass is 16.5. The number of likely N-dealkylation sites (N-methyl/N-ethyl adjacent to an activating group) is 1. The van der Waals surface area contributed by atoms with Crippen LogP contribution < -0.4 is 5.32 Å². The van der Waals surface area contributed by atoms with E-state index in [0.29, 0.717) is 18.2 Å². The van der Waals surface area contributed by atoms with Crippen LogP contribution in [0.5, 0.6) is 0 Å². The topological polar surface area (TPSA) is 24.5 Å². The molecular weight excluding hydrogens is 224 g/mol. The molecule has 0 aliphatic carbocycles. The number of hydrogen-bond acceptors (Lipinski definition) is 3. The van der Waals surface area contributed by atoms with Gasteiger partial charge in [-0.05, 0) is 38.4 Å². The zero-order chi connectivity index (χ0) is 12.5. The Morgan fingerprint density at radius 3 is 2.94 bits per heavy atom. The minimum absolute atomic E-state index is 0.368. The van der Waals surface area contributed by atoms with Gasteiger partial charge in [-0.15, -0.1) is 0 Å². The van der Waals surface area contributed by atoms with E-state index in [1.807, 2.05) is 0 Å². The lowest BCUT2D eigenvalue weighted by Gasteiger charge is -2.37. The molecule has 3 heteroatoms. The van der Waals surface area contributed by atoms with E-state index in [9.17, 15) is 0 Å². The highest BCUT2D eigenvalue weighted by Gasteiger charge is 2.33. The van der Waals surface area contributed by atoms with Crippen molar-refractivity contribution in [3.05, 3.63) is 29.8 Å². The van der Waals surface area contributed by atoms with E-state index in [-0.39, 0.29) is 0 Å². The van der Waals surface area contributed by atoms with Gasteiger partial charge in [-0.1, -0.05) is 18.2 Å². The van der Waals surface area contributed by atoms with Crippen molar-refractivity contribution in [2.75, 3.05) is 25.5 Å². The van der Waals surface area contributed by atoms with E-state index in [1.54, 1.807) is 0 Å². The molecule has 0 radical (unpaired) electrons. The van der Waals surface area contributed by atoms with Gasteiger partial charge in [0.1, 0.15) is 0 Å². The number of nitrogens with zero attached hydrogens (tertiary/aromatic N) is 1. The molecule has 3 unspecified atom stereocenters. The summed E-state index contributed by atoms with van der Waals surface area (Å²) in [7, 11) is 2.25. The SMILES string of the molecule is CC1OCCC1N(C)C1CNc2ccccc2C1. The second-order valence-electron chi connectivity index (χ2n) is 5.49. The summed E-state index contributed by atoms with van der Waals surface area (Å²) >= 11 is 0. The average molecular weight is 246 g/mol. The van der Waals surface area contributed by atoms with Crippen molar-refractivity contribution in [1.82, 2.24) is 4.90 Å². The first-order valence-corrected chi connectivity index (χ1v) is 6.91. The molecule has 0 spiro atoms. The monoisotopic (exact) mass is 246 g/mol. The Bertz CT molecular complexity index is 421. The summed E-state index contributed by atoms with van der Waals surface area (Å²) in [5, 5.41) is 3.55. The molecule has 2 heterocycles. The number of ether oxygens (including phenoxy) is 1. The lowest BCUT2D eigenvalue weighted by molar-refractivity contribution is 0.0689. The molecular formula is C15H22N2O. The molecule has 1 fully saturated rings.